The number of carbonyl (C=O) groups is 1. The molecule has 0 amide bonds. The highest BCUT2D eigenvalue weighted by atomic mass is 16.8. The van der Waals surface area contributed by atoms with E-state index in [1.165, 1.54) is 0 Å². The van der Waals surface area contributed by atoms with E-state index in [1.807, 2.05) is 0 Å². The lowest BCUT2D eigenvalue weighted by atomic mass is 9.93. The van der Waals surface area contributed by atoms with Crippen LogP contribution in [-0.2, 0) is 18.9 Å². The van der Waals surface area contributed by atoms with Crippen molar-refractivity contribution in [2.75, 3.05) is 13.2 Å². The highest BCUT2D eigenvalue weighted by molar-refractivity contribution is 5.89. The quantitative estimate of drug-likeness (QED) is 0.468. The summed E-state index contributed by atoms with van der Waals surface area (Å²) in [6.45, 7) is 2.05. The second kappa shape index (κ2) is 6.34. The first-order valence-electron chi connectivity index (χ1n) is 7.79. The van der Waals surface area contributed by atoms with Crippen LogP contribution in [0.1, 0.15) is 24.2 Å². The number of carbonyl (C=O) groups excluding carboxylic acids is 1. The summed E-state index contributed by atoms with van der Waals surface area (Å²) in [7, 11) is 0. The summed E-state index contributed by atoms with van der Waals surface area (Å²) in [5.41, 5.74) is -1.65. The number of nitro groups is 1. The fourth-order valence-corrected chi connectivity index (χ4v) is 3.02. The molecule has 4 atom stereocenters. The molecule has 0 bridgehead atoms. The van der Waals surface area contributed by atoms with Crippen molar-refractivity contribution < 1.29 is 33.8 Å². The van der Waals surface area contributed by atoms with Gasteiger partial charge in [-0.3, -0.25) is 10.1 Å². The van der Waals surface area contributed by atoms with Gasteiger partial charge in [0.1, 0.15) is 18.8 Å². The summed E-state index contributed by atoms with van der Waals surface area (Å²) in [6, 6.07) is 8.26. The third kappa shape index (κ3) is 3.49. The maximum atomic E-state index is 12.0. The van der Waals surface area contributed by atoms with Crippen LogP contribution in [0.15, 0.2) is 30.3 Å². The molecule has 0 saturated carbocycles. The molecule has 1 N–H and O–H groups in total. The average molecular weight is 353 g/mol. The van der Waals surface area contributed by atoms with Gasteiger partial charge in [-0.05, 0) is 26.0 Å². The molecule has 0 aromatic heterocycles. The first-order valence-corrected chi connectivity index (χ1v) is 7.79. The standard InChI is InChI=1S/C16H19NO8/c1-15(2)24-12-14(25-15)23-11(16(12,19)9-17(20)21)8-22-13(18)10-6-4-3-5-7-10/h3-7,11-12,14,19H,8-9H2,1-2H3/t11-,12+,14-,16-/m1/s1. The molecule has 9 nitrogen and oxygen atoms in total. The van der Waals surface area contributed by atoms with Gasteiger partial charge in [0, 0.05) is 4.92 Å². The van der Waals surface area contributed by atoms with Crippen molar-refractivity contribution in [2.24, 2.45) is 0 Å². The largest absolute Gasteiger partial charge is 0.459 e. The molecular weight excluding hydrogens is 334 g/mol. The Labute approximate surface area is 143 Å². The maximum Gasteiger partial charge on any atom is 0.338 e. The van der Waals surface area contributed by atoms with Crippen LogP contribution in [0.4, 0.5) is 0 Å². The van der Waals surface area contributed by atoms with Gasteiger partial charge in [-0.1, -0.05) is 18.2 Å². The monoisotopic (exact) mass is 353 g/mol. The minimum absolute atomic E-state index is 0.326. The van der Waals surface area contributed by atoms with Crippen molar-refractivity contribution in [1.82, 2.24) is 0 Å². The first kappa shape index (κ1) is 17.7. The Morgan fingerprint density at radius 1 is 1.32 bits per heavy atom. The molecule has 0 spiro atoms. The molecule has 1 aromatic carbocycles. The van der Waals surface area contributed by atoms with Crippen molar-refractivity contribution in [1.29, 1.82) is 0 Å². The molecule has 0 unspecified atom stereocenters. The van der Waals surface area contributed by atoms with E-state index in [2.05, 4.69) is 0 Å². The number of rotatable bonds is 5. The molecule has 2 saturated heterocycles. The molecule has 2 aliphatic heterocycles. The van der Waals surface area contributed by atoms with Gasteiger partial charge in [0.25, 0.3) is 0 Å². The Hall–Kier alpha value is -2.07. The number of benzene rings is 1. The van der Waals surface area contributed by atoms with Crippen molar-refractivity contribution in [3.63, 3.8) is 0 Å². The predicted octanol–water partition coefficient (Wildman–Crippen LogP) is 0.728. The zero-order valence-corrected chi connectivity index (χ0v) is 13.8. The van der Waals surface area contributed by atoms with E-state index in [4.69, 9.17) is 18.9 Å². The SMILES string of the molecule is CC1(C)O[C@H]2O[C@H](COC(=O)c3ccccc3)[C@](O)(C[N+](=O)[O-])[C@H]2O1. The summed E-state index contributed by atoms with van der Waals surface area (Å²) in [5, 5.41) is 21.8. The van der Waals surface area contributed by atoms with Crippen molar-refractivity contribution in [3.05, 3.63) is 46.0 Å². The number of aliphatic hydroxyl groups is 1. The van der Waals surface area contributed by atoms with Crippen LogP contribution in [-0.4, -0.2) is 59.0 Å². The molecule has 25 heavy (non-hydrogen) atoms. The van der Waals surface area contributed by atoms with Gasteiger partial charge in [0.2, 0.25) is 6.54 Å². The summed E-state index contributed by atoms with van der Waals surface area (Å²) in [5.74, 6) is -1.65. The zero-order valence-electron chi connectivity index (χ0n) is 13.8. The minimum atomic E-state index is -1.97. The number of hydrogen-bond donors (Lipinski definition) is 1. The normalized spacial score (nSPS) is 33.0. The summed E-state index contributed by atoms with van der Waals surface area (Å²) >= 11 is 0. The lowest BCUT2D eigenvalue weighted by Gasteiger charge is -2.30. The fourth-order valence-electron chi connectivity index (χ4n) is 3.02. The lowest BCUT2D eigenvalue weighted by molar-refractivity contribution is -0.506. The molecule has 0 aliphatic carbocycles. The highest BCUT2D eigenvalue weighted by Gasteiger charge is 2.65. The van der Waals surface area contributed by atoms with Crippen molar-refractivity contribution >= 4 is 5.97 Å². The Kier molecular flexibility index (Phi) is 4.50. The van der Waals surface area contributed by atoms with Crippen LogP contribution in [0.2, 0.25) is 0 Å². The maximum absolute atomic E-state index is 12.0. The van der Waals surface area contributed by atoms with Crippen LogP contribution >= 0.6 is 0 Å². The van der Waals surface area contributed by atoms with Crippen molar-refractivity contribution in [3.8, 4) is 0 Å². The van der Waals surface area contributed by atoms with Gasteiger partial charge in [0.05, 0.1) is 5.56 Å². The molecule has 1 aromatic rings. The van der Waals surface area contributed by atoms with E-state index in [1.54, 1.807) is 44.2 Å². The van der Waals surface area contributed by atoms with Gasteiger partial charge in [0.15, 0.2) is 17.7 Å². The van der Waals surface area contributed by atoms with E-state index in [9.17, 15) is 20.0 Å². The zero-order chi connectivity index (χ0) is 18.2. The molecule has 0 radical (unpaired) electrons. The summed E-state index contributed by atoms with van der Waals surface area (Å²) in [4.78, 5) is 22.4. The molecular formula is C16H19NO8. The number of hydrogen-bond acceptors (Lipinski definition) is 8. The number of nitrogens with zero attached hydrogens (tertiary/aromatic N) is 1. The van der Waals surface area contributed by atoms with Gasteiger partial charge in [-0.25, -0.2) is 4.79 Å². The van der Waals surface area contributed by atoms with E-state index in [0.29, 0.717) is 5.56 Å². The molecule has 3 rings (SSSR count). The van der Waals surface area contributed by atoms with Gasteiger partial charge in [-0.2, -0.15) is 0 Å². The van der Waals surface area contributed by atoms with Crippen LogP contribution in [0.25, 0.3) is 0 Å². The highest BCUT2D eigenvalue weighted by Crippen LogP contribution is 2.43. The smallest absolute Gasteiger partial charge is 0.338 e. The Bertz CT molecular complexity index is 663. The van der Waals surface area contributed by atoms with E-state index in [0.717, 1.165) is 0 Å². The molecule has 136 valence electrons. The fraction of sp³-hybridized carbons (Fsp3) is 0.562. The topological polar surface area (TPSA) is 117 Å². The minimum Gasteiger partial charge on any atom is -0.459 e. The van der Waals surface area contributed by atoms with Crippen LogP contribution < -0.4 is 0 Å². The van der Waals surface area contributed by atoms with Gasteiger partial charge in [-0.15, -0.1) is 0 Å². The number of ether oxygens (including phenoxy) is 4. The Morgan fingerprint density at radius 2 is 2.00 bits per heavy atom. The number of esters is 1. The number of fused-ring (bicyclic) bond motifs is 1. The molecule has 2 fully saturated rings. The van der Waals surface area contributed by atoms with Gasteiger partial charge >= 0.3 is 5.97 Å². The summed E-state index contributed by atoms with van der Waals surface area (Å²) in [6.07, 6.45) is -3.16. The molecule has 2 aliphatic rings. The van der Waals surface area contributed by atoms with E-state index in [-0.39, 0.29) is 6.61 Å². The van der Waals surface area contributed by atoms with Crippen LogP contribution in [0.3, 0.4) is 0 Å². The molecule has 2 heterocycles. The van der Waals surface area contributed by atoms with Gasteiger partial charge < -0.3 is 24.1 Å². The average Bonchev–Trinajstić information content (AvgIpc) is 2.97. The Morgan fingerprint density at radius 3 is 2.64 bits per heavy atom. The second-order valence-electron chi connectivity index (χ2n) is 6.50. The second-order valence-corrected chi connectivity index (χ2v) is 6.50. The third-order valence-corrected chi connectivity index (χ3v) is 4.16. The summed E-state index contributed by atoms with van der Waals surface area (Å²) < 4.78 is 21.8. The third-order valence-electron chi connectivity index (χ3n) is 4.16. The van der Waals surface area contributed by atoms with E-state index >= 15 is 0 Å². The first-order chi connectivity index (χ1) is 11.7. The Balaban J connectivity index is 1.72. The van der Waals surface area contributed by atoms with E-state index < -0.39 is 47.3 Å². The van der Waals surface area contributed by atoms with Crippen LogP contribution in [0.5, 0.6) is 0 Å². The van der Waals surface area contributed by atoms with Crippen molar-refractivity contribution in [2.45, 2.75) is 43.7 Å². The molecule has 9 heteroatoms. The predicted molar refractivity (Wildman–Crippen MR) is 82.2 cm³/mol. The lowest BCUT2D eigenvalue weighted by Crippen LogP contribution is -2.55. The van der Waals surface area contributed by atoms with Crippen LogP contribution in [0, 0.1) is 10.1 Å².